The zero-order valence-corrected chi connectivity index (χ0v) is 14.9. The average molecular weight is 380 g/mol. The lowest BCUT2D eigenvalue weighted by Gasteiger charge is -2.10. The first-order valence-corrected chi connectivity index (χ1v) is 8.67. The minimum Gasteiger partial charge on any atom is -0.348 e. The molecule has 2 aromatic heterocycles. The highest BCUT2D eigenvalue weighted by molar-refractivity contribution is 6.30. The predicted molar refractivity (Wildman–Crippen MR) is 103 cm³/mol. The Hall–Kier alpha value is -3.30. The second-order valence-corrected chi connectivity index (χ2v) is 6.71. The second-order valence-electron chi connectivity index (χ2n) is 6.27. The van der Waals surface area contributed by atoms with E-state index in [4.69, 9.17) is 18.0 Å². The van der Waals surface area contributed by atoms with Crippen LogP contribution in [0.15, 0.2) is 46.1 Å². The minimum absolute atomic E-state index is 0.0199. The molecule has 27 heavy (non-hydrogen) atoms. The van der Waals surface area contributed by atoms with Gasteiger partial charge in [-0.3, -0.25) is 19.0 Å². The van der Waals surface area contributed by atoms with Gasteiger partial charge >= 0.3 is 0 Å². The standard InChI is InChI=1S/C20H14ClN3O3/c1-2-13-9-15-17(25)16(11-23-7-8-24(19(15)23)20(13)27)18(26)22-10-12-3-5-14(21)6-4-12/h1,3-6,9,11H,7-8,10H2,(H,22,26). The summed E-state index contributed by atoms with van der Waals surface area (Å²) in [6, 6.07) is 8.46. The highest BCUT2D eigenvalue weighted by Crippen LogP contribution is 2.17. The molecular formula is C20H14ClN3O3. The van der Waals surface area contributed by atoms with Crippen LogP contribution in [0, 0.1) is 12.3 Å². The van der Waals surface area contributed by atoms with Gasteiger partial charge in [-0.2, -0.15) is 0 Å². The molecule has 1 aliphatic rings. The summed E-state index contributed by atoms with van der Waals surface area (Å²) in [7, 11) is 0. The van der Waals surface area contributed by atoms with E-state index >= 15 is 0 Å². The Balaban J connectivity index is 1.74. The maximum atomic E-state index is 12.9. The third-order valence-corrected chi connectivity index (χ3v) is 4.89. The third-order valence-electron chi connectivity index (χ3n) is 4.64. The summed E-state index contributed by atoms with van der Waals surface area (Å²) < 4.78 is 3.23. The van der Waals surface area contributed by atoms with Crippen LogP contribution in [0.25, 0.3) is 11.0 Å². The summed E-state index contributed by atoms with van der Waals surface area (Å²) in [6.07, 6.45) is 6.89. The van der Waals surface area contributed by atoms with Crippen molar-refractivity contribution < 1.29 is 4.79 Å². The lowest BCUT2D eigenvalue weighted by Crippen LogP contribution is -2.30. The summed E-state index contributed by atoms with van der Waals surface area (Å²) in [5, 5.41) is 3.63. The van der Waals surface area contributed by atoms with Crippen molar-refractivity contribution in [3.63, 3.8) is 0 Å². The molecule has 134 valence electrons. The van der Waals surface area contributed by atoms with Gasteiger partial charge in [-0.25, -0.2) is 0 Å². The number of aryl methyl sites for hydroxylation is 2. The largest absolute Gasteiger partial charge is 0.348 e. The normalized spacial score (nSPS) is 12.1. The van der Waals surface area contributed by atoms with Crippen molar-refractivity contribution in [1.29, 1.82) is 0 Å². The summed E-state index contributed by atoms with van der Waals surface area (Å²) in [5.74, 6) is 1.84. The number of carbonyl (C=O) groups excluding carboxylic acids is 1. The van der Waals surface area contributed by atoms with E-state index in [-0.39, 0.29) is 28.6 Å². The predicted octanol–water partition coefficient (Wildman–Crippen LogP) is 1.74. The van der Waals surface area contributed by atoms with Crippen LogP contribution >= 0.6 is 11.6 Å². The maximum Gasteiger partial charge on any atom is 0.267 e. The average Bonchev–Trinajstić information content (AvgIpc) is 3.10. The molecule has 3 aromatic rings. The molecular weight excluding hydrogens is 366 g/mol. The number of benzene rings is 1. The summed E-state index contributed by atoms with van der Waals surface area (Å²) >= 11 is 5.85. The van der Waals surface area contributed by atoms with Crippen molar-refractivity contribution in [2.24, 2.45) is 0 Å². The molecule has 0 unspecified atom stereocenters. The summed E-state index contributed by atoms with van der Waals surface area (Å²) in [4.78, 5) is 37.8. The maximum absolute atomic E-state index is 12.9. The van der Waals surface area contributed by atoms with Gasteiger partial charge in [0.05, 0.1) is 10.9 Å². The van der Waals surface area contributed by atoms with Gasteiger partial charge in [0.2, 0.25) is 5.43 Å². The Labute approximate surface area is 159 Å². The molecule has 1 aromatic carbocycles. The molecule has 0 spiro atoms. The summed E-state index contributed by atoms with van der Waals surface area (Å²) in [5.41, 5.74) is 0.760. The second kappa shape index (κ2) is 6.45. The number of hydrogen-bond acceptors (Lipinski definition) is 3. The highest BCUT2D eigenvalue weighted by Gasteiger charge is 2.22. The Morgan fingerprint density at radius 3 is 2.67 bits per heavy atom. The lowest BCUT2D eigenvalue weighted by molar-refractivity contribution is 0.0949. The number of rotatable bonds is 3. The molecule has 0 atom stereocenters. The van der Waals surface area contributed by atoms with Crippen molar-refractivity contribution in [1.82, 2.24) is 14.5 Å². The van der Waals surface area contributed by atoms with E-state index in [1.54, 1.807) is 28.8 Å². The first kappa shape index (κ1) is 17.1. The van der Waals surface area contributed by atoms with Crippen LogP contribution in [-0.2, 0) is 19.6 Å². The number of terminal acetylenes is 1. The third kappa shape index (κ3) is 2.82. The van der Waals surface area contributed by atoms with Crippen molar-refractivity contribution in [3.05, 3.63) is 78.8 Å². The Morgan fingerprint density at radius 1 is 1.22 bits per heavy atom. The van der Waals surface area contributed by atoms with Crippen molar-refractivity contribution in [2.45, 2.75) is 19.6 Å². The van der Waals surface area contributed by atoms with Crippen molar-refractivity contribution in [2.75, 3.05) is 0 Å². The monoisotopic (exact) mass is 379 g/mol. The fourth-order valence-corrected chi connectivity index (χ4v) is 3.41. The molecule has 0 saturated carbocycles. The van der Waals surface area contributed by atoms with E-state index in [1.807, 2.05) is 0 Å². The molecule has 1 N–H and O–H groups in total. The van der Waals surface area contributed by atoms with Crippen LogP contribution in [0.3, 0.4) is 0 Å². The number of carbonyl (C=O) groups is 1. The molecule has 4 rings (SSSR count). The van der Waals surface area contributed by atoms with Gasteiger partial charge in [-0.15, -0.1) is 6.42 Å². The first-order chi connectivity index (χ1) is 13.0. The zero-order chi connectivity index (χ0) is 19.1. The van der Waals surface area contributed by atoms with Crippen LogP contribution in [0.4, 0.5) is 0 Å². The topological polar surface area (TPSA) is 73.1 Å². The van der Waals surface area contributed by atoms with Crippen LogP contribution in [0.5, 0.6) is 0 Å². The lowest BCUT2D eigenvalue weighted by atomic mass is 10.1. The van der Waals surface area contributed by atoms with E-state index in [9.17, 15) is 14.4 Å². The number of aromatic nitrogens is 2. The molecule has 7 heteroatoms. The Morgan fingerprint density at radius 2 is 1.96 bits per heavy atom. The van der Waals surface area contributed by atoms with Gasteiger partial charge in [0, 0.05) is 30.9 Å². The molecule has 0 fully saturated rings. The van der Waals surface area contributed by atoms with Gasteiger partial charge in [-0.05, 0) is 23.8 Å². The molecule has 1 aliphatic heterocycles. The minimum atomic E-state index is -0.479. The zero-order valence-electron chi connectivity index (χ0n) is 14.2. The number of nitrogens with one attached hydrogen (secondary N) is 1. The van der Waals surface area contributed by atoms with Gasteiger partial charge in [0.15, 0.2) is 0 Å². The van der Waals surface area contributed by atoms with E-state index in [0.717, 1.165) is 5.56 Å². The number of pyridine rings is 2. The SMILES string of the molecule is C#Cc1cc2c(=O)c(C(=O)NCc3ccc(Cl)cc3)cn3c2n(c1=O)CC3. The molecule has 0 radical (unpaired) electrons. The van der Waals surface area contributed by atoms with Crippen LogP contribution in [0.2, 0.25) is 5.02 Å². The molecule has 6 nitrogen and oxygen atoms in total. The molecule has 0 bridgehead atoms. The Kier molecular flexibility index (Phi) is 4.09. The molecule has 3 heterocycles. The van der Waals surface area contributed by atoms with E-state index < -0.39 is 11.3 Å². The quantitative estimate of drug-likeness (QED) is 0.704. The smallest absolute Gasteiger partial charge is 0.267 e. The van der Waals surface area contributed by atoms with E-state index in [0.29, 0.717) is 23.8 Å². The van der Waals surface area contributed by atoms with E-state index in [1.165, 1.54) is 16.8 Å². The number of halogens is 1. The van der Waals surface area contributed by atoms with Crippen LogP contribution < -0.4 is 16.3 Å². The van der Waals surface area contributed by atoms with Crippen LogP contribution in [0.1, 0.15) is 21.5 Å². The molecule has 0 aliphatic carbocycles. The van der Waals surface area contributed by atoms with Gasteiger partial charge in [-0.1, -0.05) is 29.7 Å². The van der Waals surface area contributed by atoms with Gasteiger partial charge < -0.3 is 9.88 Å². The Bertz CT molecular complexity index is 1250. The highest BCUT2D eigenvalue weighted by atomic mass is 35.5. The van der Waals surface area contributed by atoms with Crippen molar-refractivity contribution >= 4 is 28.5 Å². The fourth-order valence-electron chi connectivity index (χ4n) is 3.29. The number of amides is 1. The molecule has 1 amide bonds. The number of hydrogen-bond donors (Lipinski definition) is 1. The summed E-state index contributed by atoms with van der Waals surface area (Å²) in [6.45, 7) is 1.18. The van der Waals surface area contributed by atoms with Crippen LogP contribution in [-0.4, -0.2) is 15.0 Å². The van der Waals surface area contributed by atoms with Gasteiger partial charge in [0.1, 0.15) is 11.2 Å². The number of nitrogens with zero attached hydrogens (tertiary/aromatic N) is 2. The van der Waals surface area contributed by atoms with Crippen molar-refractivity contribution in [3.8, 4) is 12.3 Å². The fraction of sp³-hybridized carbons (Fsp3) is 0.150. The molecule has 0 saturated heterocycles. The first-order valence-electron chi connectivity index (χ1n) is 8.30. The van der Waals surface area contributed by atoms with Gasteiger partial charge in [0.25, 0.3) is 11.5 Å². The van der Waals surface area contributed by atoms with E-state index in [2.05, 4.69) is 11.2 Å².